The van der Waals surface area contributed by atoms with Gasteiger partial charge < -0.3 is 4.74 Å². The molecule has 2 rings (SSSR count). The first kappa shape index (κ1) is 14.1. The fourth-order valence-corrected chi connectivity index (χ4v) is 2.00. The normalized spacial score (nSPS) is 10.8. The van der Waals surface area contributed by atoms with Crippen LogP contribution in [0, 0.1) is 6.92 Å². The van der Waals surface area contributed by atoms with Crippen molar-refractivity contribution in [3.8, 4) is 11.5 Å². The lowest BCUT2D eigenvalue weighted by molar-refractivity contribution is 0.469. The molecule has 19 heavy (non-hydrogen) atoms. The largest absolute Gasteiger partial charge is 0.454 e. The first-order valence-corrected chi connectivity index (χ1v) is 6.70. The summed E-state index contributed by atoms with van der Waals surface area (Å²) in [5.41, 5.74) is 2.22. The topological polar surface area (TPSA) is 35.0 Å². The zero-order chi connectivity index (χ0) is 14.0. The zero-order valence-electron chi connectivity index (χ0n) is 10.9. The Morgan fingerprint density at radius 1 is 1.05 bits per heavy atom. The molecule has 0 aliphatic heterocycles. The number of ether oxygens (including phenoxy) is 1. The van der Waals surface area contributed by atoms with Crippen molar-refractivity contribution < 1.29 is 4.74 Å². The van der Waals surface area contributed by atoms with E-state index in [1.54, 1.807) is 6.07 Å². The molecule has 100 valence electrons. The van der Waals surface area contributed by atoms with Gasteiger partial charge in [0.1, 0.15) is 5.75 Å². The smallest absolute Gasteiger partial charge is 0.194 e. The summed E-state index contributed by atoms with van der Waals surface area (Å²) in [7, 11) is 0. The van der Waals surface area contributed by atoms with E-state index < -0.39 is 0 Å². The Labute approximate surface area is 122 Å². The summed E-state index contributed by atoms with van der Waals surface area (Å²) in [6, 6.07) is 7.64. The van der Waals surface area contributed by atoms with Crippen molar-refractivity contribution in [2.75, 3.05) is 0 Å². The fraction of sp³-hybridized carbons (Fsp3) is 0.286. The Hall–Kier alpha value is -1.32. The van der Waals surface area contributed by atoms with Crippen molar-refractivity contribution in [3.63, 3.8) is 0 Å². The molecule has 0 amide bonds. The van der Waals surface area contributed by atoms with Crippen LogP contribution in [0.5, 0.6) is 11.5 Å². The SMILES string of the molecule is Cc1ccc(C(C)C)c(Oc2cc(Cl)nnc2Cl)c1. The van der Waals surface area contributed by atoms with Crippen LogP contribution in [0.25, 0.3) is 0 Å². The molecule has 1 heterocycles. The highest BCUT2D eigenvalue weighted by atomic mass is 35.5. The van der Waals surface area contributed by atoms with E-state index in [1.807, 2.05) is 13.0 Å². The molecule has 2 aromatic rings. The number of aryl methyl sites for hydroxylation is 1. The van der Waals surface area contributed by atoms with Crippen LogP contribution in [0.2, 0.25) is 10.3 Å². The lowest BCUT2D eigenvalue weighted by Crippen LogP contribution is -1.96. The Morgan fingerprint density at radius 2 is 1.79 bits per heavy atom. The predicted molar refractivity (Wildman–Crippen MR) is 77.4 cm³/mol. The van der Waals surface area contributed by atoms with E-state index in [9.17, 15) is 0 Å². The molecule has 1 aromatic heterocycles. The van der Waals surface area contributed by atoms with Crippen LogP contribution in [-0.2, 0) is 0 Å². The van der Waals surface area contributed by atoms with Crippen molar-refractivity contribution >= 4 is 23.2 Å². The molecule has 0 bridgehead atoms. The Morgan fingerprint density at radius 3 is 2.47 bits per heavy atom. The van der Waals surface area contributed by atoms with Gasteiger partial charge in [-0.15, -0.1) is 10.2 Å². The lowest BCUT2D eigenvalue weighted by Gasteiger charge is -2.14. The van der Waals surface area contributed by atoms with Gasteiger partial charge in [0.2, 0.25) is 0 Å². The molecule has 3 nitrogen and oxygen atoms in total. The van der Waals surface area contributed by atoms with E-state index in [0.717, 1.165) is 16.9 Å². The van der Waals surface area contributed by atoms with Crippen LogP contribution in [-0.4, -0.2) is 10.2 Å². The highest BCUT2D eigenvalue weighted by molar-refractivity contribution is 6.32. The van der Waals surface area contributed by atoms with Gasteiger partial charge in [-0.2, -0.15) is 0 Å². The Balaban J connectivity index is 2.42. The second-order valence-corrected chi connectivity index (χ2v) is 5.37. The molecule has 0 fully saturated rings. The minimum Gasteiger partial charge on any atom is -0.454 e. The average Bonchev–Trinajstić information content (AvgIpc) is 2.33. The number of halogens is 2. The van der Waals surface area contributed by atoms with Crippen LogP contribution >= 0.6 is 23.2 Å². The first-order chi connectivity index (χ1) is 8.97. The van der Waals surface area contributed by atoms with Crippen LogP contribution in [0.15, 0.2) is 24.3 Å². The number of nitrogens with zero attached hydrogens (tertiary/aromatic N) is 2. The van der Waals surface area contributed by atoms with Crippen molar-refractivity contribution in [1.82, 2.24) is 10.2 Å². The summed E-state index contributed by atoms with van der Waals surface area (Å²) in [4.78, 5) is 0. The van der Waals surface area contributed by atoms with Gasteiger partial charge in [-0.05, 0) is 30.0 Å². The van der Waals surface area contributed by atoms with Gasteiger partial charge >= 0.3 is 0 Å². The second kappa shape index (κ2) is 5.76. The Kier molecular flexibility index (Phi) is 4.27. The number of hydrogen-bond acceptors (Lipinski definition) is 3. The van der Waals surface area contributed by atoms with E-state index >= 15 is 0 Å². The van der Waals surface area contributed by atoms with E-state index in [1.165, 1.54) is 0 Å². The van der Waals surface area contributed by atoms with E-state index in [2.05, 4.69) is 36.2 Å². The van der Waals surface area contributed by atoms with Crippen LogP contribution in [0.3, 0.4) is 0 Å². The molecular formula is C14H14Cl2N2O. The third-order valence-corrected chi connectivity index (χ3v) is 3.14. The van der Waals surface area contributed by atoms with E-state index in [-0.39, 0.29) is 10.3 Å². The van der Waals surface area contributed by atoms with Crippen molar-refractivity contribution in [3.05, 3.63) is 45.7 Å². The van der Waals surface area contributed by atoms with Gasteiger partial charge in [0.15, 0.2) is 16.1 Å². The minimum atomic E-state index is 0.195. The van der Waals surface area contributed by atoms with Crippen molar-refractivity contribution in [2.45, 2.75) is 26.7 Å². The third kappa shape index (κ3) is 3.37. The molecule has 0 unspecified atom stereocenters. The van der Waals surface area contributed by atoms with Gasteiger partial charge in [0.25, 0.3) is 0 Å². The van der Waals surface area contributed by atoms with E-state index in [0.29, 0.717) is 11.7 Å². The quantitative estimate of drug-likeness (QED) is 0.799. The van der Waals surface area contributed by atoms with Gasteiger partial charge in [-0.3, -0.25) is 0 Å². The average molecular weight is 297 g/mol. The van der Waals surface area contributed by atoms with Gasteiger partial charge in [0.05, 0.1) is 0 Å². The summed E-state index contributed by atoms with van der Waals surface area (Å²) in [5.74, 6) is 1.52. The molecule has 0 aliphatic carbocycles. The van der Waals surface area contributed by atoms with Gasteiger partial charge in [0, 0.05) is 6.07 Å². The van der Waals surface area contributed by atoms with Gasteiger partial charge in [-0.1, -0.05) is 49.2 Å². The summed E-state index contributed by atoms with van der Waals surface area (Å²) >= 11 is 11.8. The monoisotopic (exact) mass is 296 g/mol. The summed E-state index contributed by atoms with van der Waals surface area (Å²) < 4.78 is 5.84. The van der Waals surface area contributed by atoms with Crippen molar-refractivity contribution in [2.24, 2.45) is 0 Å². The molecule has 0 atom stereocenters. The summed E-state index contributed by atoms with van der Waals surface area (Å²) in [6.45, 7) is 6.23. The molecule has 1 aromatic carbocycles. The van der Waals surface area contributed by atoms with Crippen molar-refractivity contribution in [1.29, 1.82) is 0 Å². The van der Waals surface area contributed by atoms with Gasteiger partial charge in [-0.25, -0.2) is 0 Å². The Bertz CT molecular complexity index is 600. The molecule has 0 spiro atoms. The molecule has 0 N–H and O–H groups in total. The molecule has 0 saturated carbocycles. The van der Waals surface area contributed by atoms with Crippen LogP contribution in [0.4, 0.5) is 0 Å². The molecule has 5 heteroatoms. The number of hydrogen-bond donors (Lipinski definition) is 0. The third-order valence-electron chi connectivity index (χ3n) is 2.70. The molecule has 0 radical (unpaired) electrons. The zero-order valence-corrected chi connectivity index (χ0v) is 12.5. The van der Waals surface area contributed by atoms with Crippen LogP contribution < -0.4 is 4.74 Å². The molecular weight excluding hydrogens is 283 g/mol. The predicted octanol–water partition coefficient (Wildman–Crippen LogP) is 5.01. The maximum absolute atomic E-state index is 5.96. The summed E-state index contributed by atoms with van der Waals surface area (Å²) in [6.07, 6.45) is 0. The maximum atomic E-state index is 5.96. The number of benzene rings is 1. The first-order valence-electron chi connectivity index (χ1n) is 5.94. The molecule has 0 aliphatic rings. The second-order valence-electron chi connectivity index (χ2n) is 4.62. The lowest BCUT2D eigenvalue weighted by atomic mass is 10.0. The standard InChI is InChI=1S/C14H14Cl2N2O/c1-8(2)10-5-4-9(3)6-11(10)19-12-7-13(15)17-18-14(12)16/h4-8H,1-3H3. The van der Waals surface area contributed by atoms with E-state index in [4.69, 9.17) is 27.9 Å². The minimum absolute atomic E-state index is 0.195. The number of rotatable bonds is 3. The fourth-order valence-electron chi connectivity index (χ4n) is 1.73. The molecule has 0 saturated heterocycles. The highest BCUT2D eigenvalue weighted by Crippen LogP contribution is 2.34. The maximum Gasteiger partial charge on any atom is 0.194 e. The highest BCUT2D eigenvalue weighted by Gasteiger charge is 2.12. The number of aromatic nitrogens is 2. The van der Waals surface area contributed by atoms with Crippen LogP contribution in [0.1, 0.15) is 30.9 Å². The summed E-state index contributed by atoms with van der Waals surface area (Å²) in [5, 5.41) is 7.83.